The van der Waals surface area contributed by atoms with Gasteiger partial charge in [0.05, 0.1) is 17.7 Å². The number of carbonyl (C=O) groups is 2. The van der Waals surface area contributed by atoms with Crippen molar-refractivity contribution in [1.29, 1.82) is 0 Å². The maximum absolute atomic E-state index is 12.9. The van der Waals surface area contributed by atoms with E-state index in [0.717, 1.165) is 4.31 Å². The Labute approximate surface area is 166 Å². The summed E-state index contributed by atoms with van der Waals surface area (Å²) in [6.45, 7) is -0.154. The summed E-state index contributed by atoms with van der Waals surface area (Å²) in [5.74, 6) is -0.665. The molecule has 0 saturated heterocycles. The second-order valence-electron chi connectivity index (χ2n) is 5.84. The minimum absolute atomic E-state index is 0.0472. The molecular formula is C17H13F6N3O2S. The van der Waals surface area contributed by atoms with Crippen LogP contribution < -0.4 is 11.1 Å². The fourth-order valence-electron chi connectivity index (χ4n) is 2.23. The number of halogens is 6. The third-order valence-electron chi connectivity index (χ3n) is 3.64. The Balaban J connectivity index is 2.19. The van der Waals surface area contributed by atoms with Gasteiger partial charge in [0.1, 0.15) is 0 Å². The molecule has 0 saturated carbocycles. The lowest BCUT2D eigenvalue weighted by Crippen LogP contribution is -2.27. The van der Waals surface area contributed by atoms with Crippen molar-refractivity contribution in [3.63, 3.8) is 0 Å². The van der Waals surface area contributed by atoms with Crippen LogP contribution in [-0.4, -0.2) is 16.2 Å². The molecule has 29 heavy (non-hydrogen) atoms. The number of anilines is 1. The standard InChI is InChI=1S/C17H13F6N3O2S/c18-16(19,20)11-5-12(17(21,22)23)7-13(6-11)25-15(28)26(29)8-9-1-3-10(4-2-9)14(24)27/h1-7,29H,8H2,(H2,24,27)(H,25,28). The highest BCUT2D eigenvalue weighted by Gasteiger charge is 2.37. The van der Waals surface area contributed by atoms with Crippen LogP contribution in [0.2, 0.25) is 0 Å². The molecular weight excluding hydrogens is 424 g/mol. The van der Waals surface area contributed by atoms with Gasteiger partial charge in [0, 0.05) is 11.3 Å². The van der Waals surface area contributed by atoms with E-state index in [-0.39, 0.29) is 18.2 Å². The van der Waals surface area contributed by atoms with Crippen LogP contribution in [0.15, 0.2) is 42.5 Å². The maximum Gasteiger partial charge on any atom is 0.416 e. The highest BCUT2D eigenvalue weighted by Crippen LogP contribution is 2.37. The highest BCUT2D eigenvalue weighted by atomic mass is 32.1. The van der Waals surface area contributed by atoms with Crippen LogP contribution in [0.5, 0.6) is 0 Å². The SMILES string of the molecule is NC(=O)c1ccc(CN(S)C(=O)Nc2cc(C(F)(F)F)cc(C(F)(F)F)c2)cc1. The number of hydrogen-bond acceptors (Lipinski definition) is 3. The summed E-state index contributed by atoms with van der Waals surface area (Å²) in [6, 6.07) is 5.37. The summed E-state index contributed by atoms with van der Waals surface area (Å²) in [5.41, 5.74) is 1.98. The van der Waals surface area contributed by atoms with Crippen molar-refractivity contribution in [1.82, 2.24) is 4.31 Å². The van der Waals surface area contributed by atoms with Crippen molar-refractivity contribution in [2.45, 2.75) is 18.9 Å². The predicted octanol–water partition coefficient (Wildman–Crippen LogP) is 4.70. The average molecular weight is 437 g/mol. The quantitative estimate of drug-likeness (QED) is 0.479. The van der Waals surface area contributed by atoms with Crippen molar-refractivity contribution in [3.8, 4) is 0 Å². The fourth-order valence-corrected chi connectivity index (χ4v) is 2.45. The Kier molecular flexibility index (Phi) is 6.36. The minimum atomic E-state index is -5.04. The summed E-state index contributed by atoms with van der Waals surface area (Å²) in [6.07, 6.45) is -10.1. The molecule has 0 bridgehead atoms. The van der Waals surface area contributed by atoms with E-state index in [1.54, 1.807) is 0 Å². The van der Waals surface area contributed by atoms with Gasteiger partial charge in [0.25, 0.3) is 0 Å². The minimum Gasteiger partial charge on any atom is -0.366 e. The van der Waals surface area contributed by atoms with Gasteiger partial charge >= 0.3 is 18.4 Å². The monoisotopic (exact) mass is 437 g/mol. The Morgan fingerprint density at radius 1 is 0.931 bits per heavy atom. The fraction of sp³-hybridized carbons (Fsp3) is 0.176. The number of nitrogens with two attached hydrogens (primary N) is 1. The van der Waals surface area contributed by atoms with Crippen molar-refractivity contribution < 1.29 is 35.9 Å². The van der Waals surface area contributed by atoms with Crippen LogP contribution in [0, 0.1) is 0 Å². The van der Waals surface area contributed by atoms with Crippen LogP contribution in [0.3, 0.4) is 0 Å². The summed E-state index contributed by atoms with van der Waals surface area (Å²) >= 11 is 3.88. The van der Waals surface area contributed by atoms with Crippen LogP contribution in [0.4, 0.5) is 36.8 Å². The zero-order chi connectivity index (χ0) is 22.0. The van der Waals surface area contributed by atoms with Gasteiger partial charge in [-0.2, -0.15) is 26.3 Å². The van der Waals surface area contributed by atoms with E-state index < -0.39 is 41.1 Å². The number of urea groups is 1. The number of rotatable bonds is 4. The molecule has 156 valence electrons. The van der Waals surface area contributed by atoms with E-state index >= 15 is 0 Å². The van der Waals surface area contributed by atoms with Crippen LogP contribution in [-0.2, 0) is 18.9 Å². The zero-order valence-electron chi connectivity index (χ0n) is 14.3. The number of hydrogen-bond donors (Lipinski definition) is 3. The molecule has 0 unspecified atom stereocenters. The molecule has 12 heteroatoms. The van der Waals surface area contributed by atoms with E-state index in [4.69, 9.17) is 5.73 Å². The maximum atomic E-state index is 12.9. The van der Waals surface area contributed by atoms with E-state index in [1.165, 1.54) is 24.3 Å². The van der Waals surface area contributed by atoms with E-state index in [0.29, 0.717) is 17.7 Å². The first-order chi connectivity index (χ1) is 13.3. The summed E-state index contributed by atoms with van der Waals surface area (Å²) in [5, 5.41) is 1.95. The van der Waals surface area contributed by atoms with Crippen molar-refractivity contribution in [2.75, 3.05) is 5.32 Å². The third-order valence-corrected chi connectivity index (χ3v) is 3.97. The molecule has 0 heterocycles. The van der Waals surface area contributed by atoms with E-state index in [1.807, 2.05) is 5.32 Å². The number of thiol groups is 1. The number of amides is 3. The van der Waals surface area contributed by atoms with E-state index in [9.17, 15) is 35.9 Å². The predicted molar refractivity (Wildman–Crippen MR) is 95.0 cm³/mol. The van der Waals surface area contributed by atoms with Gasteiger partial charge in [0.2, 0.25) is 5.91 Å². The van der Waals surface area contributed by atoms with Crippen LogP contribution in [0.25, 0.3) is 0 Å². The largest absolute Gasteiger partial charge is 0.416 e. The molecule has 2 rings (SSSR count). The first-order valence-electron chi connectivity index (χ1n) is 7.73. The highest BCUT2D eigenvalue weighted by molar-refractivity contribution is 7.78. The smallest absolute Gasteiger partial charge is 0.366 e. The first-order valence-corrected chi connectivity index (χ1v) is 8.13. The second-order valence-corrected chi connectivity index (χ2v) is 6.33. The van der Waals surface area contributed by atoms with Gasteiger partial charge in [0.15, 0.2) is 0 Å². The molecule has 5 nitrogen and oxygen atoms in total. The lowest BCUT2D eigenvalue weighted by atomic mass is 10.1. The number of nitrogens with zero attached hydrogens (tertiary/aromatic N) is 1. The van der Waals surface area contributed by atoms with Gasteiger partial charge < -0.3 is 11.1 Å². The lowest BCUT2D eigenvalue weighted by molar-refractivity contribution is -0.143. The van der Waals surface area contributed by atoms with Crippen LogP contribution in [0.1, 0.15) is 27.0 Å². The average Bonchev–Trinajstić information content (AvgIpc) is 2.60. The number of nitrogens with one attached hydrogen (secondary N) is 1. The van der Waals surface area contributed by atoms with Crippen molar-refractivity contribution in [3.05, 3.63) is 64.7 Å². The van der Waals surface area contributed by atoms with Gasteiger partial charge in [-0.15, -0.1) is 0 Å². The summed E-state index contributed by atoms with van der Waals surface area (Å²) in [4.78, 5) is 23.1. The number of primary amides is 1. The zero-order valence-corrected chi connectivity index (χ0v) is 15.2. The molecule has 0 radical (unpaired) electrons. The second kappa shape index (κ2) is 8.23. The van der Waals surface area contributed by atoms with Crippen molar-refractivity contribution >= 4 is 30.4 Å². The molecule has 0 fully saturated rings. The molecule has 0 aliphatic heterocycles. The number of alkyl halides is 6. The lowest BCUT2D eigenvalue weighted by Gasteiger charge is -2.19. The first kappa shape index (κ1) is 22.4. The summed E-state index contributed by atoms with van der Waals surface area (Å²) < 4.78 is 78.0. The molecule has 0 atom stereocenters. The van der Waals surface area contributed by atoms with E-state index in [2.05, 4.69) is 12.8 Å². The molecule has 3 amide bonds. The topological polar surface area (TPSA) is 75.4 Å². The Morgan fingerprint density at radius 2 is 1.41 bits per heavy atom. The molecule has 2 aromatic carbocycles. The Hall–Kier alpha value is -2.89. The van der Waals surface area contributed by atoms with Gasteiger partial charge in [-0.1, -0.05) is 24.9 Å². The van der Waals surface area contributed by atoms with Gasteiger partial charge in [-0.3, -0.25) is 9.10 Å². The molecule has 0 spiro atoms. The van der Waals surface area contributed by atoms with Gasteiger partial charge in [-0.25, -0.2) is 4.79 Å². The number of benzene rings is 2. The molecule has 0 aliphatic carbocycles. The normalized spacial score (nSPS) is 11.8. The van der Waals surface area contributed by atoms with Crippen molar-refractivity contribution in [2.24, 2.45) is 5.73 Å². The molecule has 0 aromatic heterocycles. The molecule has 3 N–H and O–H groups in total. The molecule has 2 aromatic rings. The summed E-state index contributed by atoms with van der Waals surface area (Å²) in [7, 11) is 0. The number of carbonyl (C=O) groups excluding carboxylic acids is 2. The molecule has 0 aliphatic rings. The third kappa shape index (κ3) is 6.04. The van der Waals surface area contributed by atoms with Crippen LogP contribution >= 0.6 is 12.8 Å². The Bertz CT molecular complexity index is 881. The Morgan fingerprint density at radius 3 is 1.83 bits per heavy atom. The van der Waals surface area contributed by atoms with Gasteiger partial charge in [-0.05, 0) is 35.9 Å².